The topological polar surface area (TPSA) is 60.5 Å². The van der Waals surface area contributed by atoms with E-state index in [0.29, 0.717) is 21.7 Å². The minimum Gasteiger partial charge on any atom is -0.494 e. The SMILES string of the molecule is COc1cccc2sc(NC(=O)C(C)Oc3cc(C)c(Cl)c(C)c3)nc12. The molecule has 5 nitrogen and oxygen atoms in total. The van der Waals surface area contributed by atoms with Crippen LogP contribution < -0.4 is 14.8 Å². The molecule has 1 unspecified atom stereocenters. The average molecular weight is 391 g/mol. The molecule has 0 aliphatic rings. The van der Waals surface area contributed by atoms with E-state index < -0.39 is 6.10 Å². The number of hydrogen-bond acceptors (Lipinski definition) is 5. The van der Waals surface area contributed by atoms with Crippen molar-refractivity contribution in [3.8, 4) is 11.5 Å². The normalized spacial score (nSPS) is 12.0. The lowest BCUT2D eigenvalue weighted by atomic mass is 10.1. The number of anilines is 1. The van der Waals surface area contributed by atoms with E-state index in [2.05, 4.69) is 10.3 Å². The Hall–Kier alpha value is -2.31. The number of amides is 1. The molecule has 0 aliphatic carbocycles. The van der Waals surface area contributed by atoms with Gasteiger partial charge in [0.05, 0.1) is 11.8 Å². The molecule has 0 saturated heterocycles. The Labute approximate surface area is 160 Å². The number of fused-ring (bicyclic) bond motifs is 1. The number of carbonyl (C=O) groups excluding carboxylic acids is 1. The van der Waals surface area contributed by atoms with E-state index in [-0.39, 0.29) is 5.91 Å². The standard InChI is InChI=1S/C19H19ClN2O3S/c1-10-8-13(9-11(2)16(10)20)25-12(3)18(23)22-19-21-17-14(24-4)6-5-7-15(17)26-19/h5-9,12H,1-4H3,(H,21,22,23). The van der Waals surface area contributed by atoms with Gasteiger partial charge in [-0.15, -0.1) is 0 Å². The van der Waals surface area contributed by atoms with Crippen LogP contribution >= 0.6 is 22.9 Å². The van der Waals surface area contributed by atoms with Gasteiger partial charge >= 0.3 is 0 Å². The van der Waals surface area contributed by atoms with Crippen LogP contribution in [0.15, 0.2) is 30.3 Å². The van der Waals surface area contributed by atoms with E-state index in [1.807, 2.05) is 44.2 Å². The Balaban J connectivity index is 1.73. The van der Waals surface area contributed by atoms with Gasteiger partial charge in [0.25, 0.3) is 5.91 Å². The molecule has 0 spiro atoms. The maximum Gasteiger partial charge on any atom is 0.266 e. The number of aryl methyl sites for hydroxylation is 2. The van der Waals surface area contributed by atoms with Gasteiger partial charge in [0.2, 0.25) is 0 Å². The van der Waals surface area contributed by atoms with E-state index in [1.165, 1.54) is 11.3 Å². The number of carbonyl (C=O) groups is 1. The van der Waals surface area contributed by atoms with Crippen LogP contribution in [-0.2, 0) is 4.79 Å². The highest BCUT2D eigenvalue weighted by Gasteiger charge is 2.18. The summed E-state index contributed by atoms with van der Waals surface area (Å²) in [5.41, 5.74) is 2.55. The number of hydrogen-bond donors (Lipinski definition) is 1. The first kappa shape index (κ1) is 18.5. The molecule has 2 aromatic carbocycles. The lowest BCUT2D eigenvalue weighted by Crippen LogP contribution is -2.30. The van der Waals surface area contributed by atoms with Gasteiger partial charge in [-0.2, -0.15) is 0 Å². The number of nitrogens with zero attached hydrogens (tertiary/aromatic N) is 1. The number of methoxy groups -OCH3 is 1. The van der Waals surface area contributed by atoms with Crippen molar-refractivity contribution in [2.24, 2.45) is 0 Å². The Morgan fingerprint density at radius 3 is 2.62 bits per heavy atom. The molecule has 0 radical (unpaired) electrons. The van der Waals surface area contributed by atoms with Crippen LogP contribution in [0.2, 0.25) is 5.02 Å². The zero-order valence-corrected chi connectivity index (χ0v) is 16.5. The largest absolute Gasteiger partial charge is 0.494 e. The van der Waals surface area contributed by atoms with Crippen molar-refractivity contribution in [2.75, 3.05) is 12.4 Å². The second-order valence-corrected chi connectivity index (χ2v) is 7.36. The molecule has 0 aliphatic heterocycles. The Bertz CT molecular complexity index is 948. The van der Waals surface area contributed by atoms with Crippen LogP contribution in [0, 0.1) is 13.8 Å². The molecule has 1 amide bonds. The molecule has 0 bridgehead atoms. The van der Waals surface area contributed by atoms with E-state index in [1.54, 1.807) is 14.0 Å². The summed E-state index contributed by atoms with van der Waals surface area (Å²) in [7, 11) is 1.60. The first-order chi connectivity index (χ1) is 12.4. The highest BCUT2D eigenvalue weighted by atomic mass is 35.5. The average Bonchev–Trinajstić information content (AvgIpc) is 3.01. The molecule has 3 rings (SSSR count). The highest BCUT2D eigenvalue weighted by molar-refractivity contribution is 7.22. The fraction of sp³-hybridized carbons (Fsp3) is 0.263. The van der Waals surface area contributed by atoms with E-state index in [9.17, 15) is 4.79 Å². The van der Waals surface area contributed by atoms with Gasteiger partial charge in [-0.3, -0.25) is 10.1 Å². The number of rotatable bonds is 5. The lowest BCUT2D eigenvalue weighted by Gasteiger charge is -2.15. The lowest BCUT2D eigenvalue weighted by molar-refractivity contribution is -0.122. The van der Waals surface area contributed by atoms with Crippen LogP contribution in [0.25, 0.3) is 10.2 Å². The van der Waals surface area contributed by atoms with Crippen molar-refractivity contribution in [3.05, 3.63) is 46.5 Å². The van der Waals surface area contributed by atoms with Gasteiger partial charge < -0.3 is 9.47 Å². The highest BCUT2D eigenvalue weighted by Crippen LogP contribution is 2.32. The summed E-state index contributed by atoms with van der Waals surface area (Å²) in [5.74, 6) is 1.02. The smallest absolute Gasteiger partial charge is 0.266 e. The molecule has 0 fully saturated rings. The molecular formula is C19H19ClN2O3S. The fourth-order valence-electron chi connectivity index (χ4n) is 2.58. The summed E-state index contributed by atoms with van der Waals surface area (Å²) in [5, 5.41) is 4.02. The summed E-state index contributed by atoms with van der Waals surface area (Å²) in [6.07, 6.45) is -0.677. The third-order valence-electron chi connectivity index (χ3n) is 3.92. The molecule has 7 heteroatoms. The van der Waals surface area contributed by atoms with Crippen LogP contribution in [0.3, 0.4) is 0 Å². The summed E-state index contributed by atoms with van der Waals surface area (Å²) in [6.45, 7) is 5.51. The molecule has 26 heavy (non-hydrogen) atoms. The molecular weight excluding hydrogens is 372 g/mol. The third-order valence-corrected chi connectivity index (χ3v) is 5.46. The van der Waals surface area contributed by atoms with Crippen molar-refractivity contribution in [2.45, 2.75) is 26.9 Å². The van der Waals surface area contributed by atoms with Gasteiger partial charge in [-0.25, -0.2) is 4.98 Å². The maximum atomic E-state index is 12.5. The summed E-state index contributed by atoms with van der Waals surface area (Å²) >= 11 is 7.56. The first-order valence-electron chi connectivity index (χ1n) is 8.07. The number of aromatic nitrogens is 1. The molecule has 1 heterocycles. The third kappa shape index (κ3) is 3.76. The van der Waals surface area contributed by atoms with Crippen molar-refractivity contribution in [3.63, 3.8) is 0 Å². The van der Waals surface area contributed by atoms with E-state index >= 15 is 0 Å². The molecule has 0 saturated carbocycles. The quantitative estimate of drug-likeness (QED) is 0.667. The summed E-state index contributed by atoms with van der Waals surface area (Å²) in [4.78, 5) is 16.9. The number of nitrogens with one attached hydrogen (secondary N) is 1. The zero-order valence-electron chi connectivity index (χ0n) is 14.9. The van der Waals surface area contributed by atoms with E-state index in [4.69, 9.17) is 21.1 Å². The summed E-state index contributed by atoms with van der Waals surface area (Å²) in [6, 6.07) is 9.31. The van der Waals surface area contributed by atoms with Crippen LogP contribution in [0.4, 0.5) is 5.13 Å². The van der Waals surface area contributed by atoms with Gasteiger partial charge in [-0.1, -0.05) is 29.0 Å². The van der Waals surface area contributed by atoms with Crippen LogP contribution in [0.1, 0.15) is 18.1 Å². The number of benzene rings is 2. The molecule has 1 N–H and O–H groups in total. The van der Waals surface area contributed by atoms with Gasteiger partial charge in [0.15, 0.2) is 11.2 Å². The Morgan fingerprint density at radius 2 is 1.96 bits per heavy atom. The molecule has 1 aromatic heterocycles. The first-order valence-corrected chi connectivity index (χ1v) is 9.26. The minimum atomic E-state index is -0.677. The zero-order chi connectivity index (χ0) is 18.8. The number of halogens is 1. The van der Waals surface area contributed by atoms with Gasteiger partial charge in [0, 0.05) is 5.02 Å². The second-order valence-electron chi connectivity index (χ2n) is 5.95. The van der Waals surface area contributed by atoms with Crippen molar-refractivity contribution >= 4 is 44.2 Å². The van der Waals surface area contributed by atoms with Crippen molar-refractivity contribution < 1.29 is 14.3 Å². The number of thiazole rings is 1. The molecule has 136 valence electrons. The molecule has 3 aromatic rings. The number of para-hydroxylation sites is 1. The predicted octanol–water partition coefficient (Wildman–Crippen LogP) is 4.98. The number of ether oxygens (including phenoxy) is 2. The van der Waals surface area contributed by atoms with Crippen LogP contribution in [-0.4, -0.2) is 24.1 Å². The minimum absolute atomic E-state index is 0.270. The van der Waals surface area contributed by atoms with Gasteiger partial charge in [-0.05, 0) is 56.2 Å². The van der Waals surface area contributed by atoms with Gasteiger partial charge in [0.1, 0.15) is 17.0 Å². The summed E-state index contributed by atoms with van der Waals surface area (Å²) < 4.78 is 12.0. The van der Waals surface area contributed by atoms with Crippen molar-refractivity contribution in [1.29, 1.82) is 0 Å². The fourth-order valence-corrected chi connectivity index (χ4v) is 3.58. The predicted molar refractivity (Wildman–Crippen MR) is 106 cm³/mol. The van der Waals surface area contributed by atoms with Crippen molar-refractivity contribution in [1.82, 2.24) is 4.98 Å². The monoisotopic (exact) mass is 390 g/mol. The maximum absolute atomic E-state index is 12.5. The van der Waals surface area contributed by atoms with E-state index in [0.717, 1.165) is 21.3 Å². The Kier molecular flexibility index (Phi) is 5.34. The Morgan fingerprint density at radius 1 is 1.27 bits per heavy atom. The van der Waals surface area contributed by atoms with Crippen LogP contribution in [0.5, 0.6) is 11.5 Å². The molecule has 1 atom stereocenters. The second kappa shape index (κ2) is 7.51.